The van der Waals surface area contributed by atoms with E-state index in [1.165, 1.54) is 22.7 Å². The molecule has 2 heterocycles. The zero-order valence-corrected chi connectivity index (χ0v) is 23.9. The minimum Gasteiger partial charge on any atom is -0.341 e. The van der Waals surface area contributed by atoms with Gasteiger partial charge in [-0.2, -0.15) is 4.31 Å². The molecule has 2 aromatic carbocycles. The predicted molar refractivity (Wildman–Crippen MR) is 146 cm³/mol. The minimum absolute atomic E-state index is 0.119. The Kier molecular flexibility index (Phi) is 8.52. The highest BCUT2D eigenvalue weighted by molar-refractivity contribution is 7.88. The van der Waals surface area contributed by atoms with Gasteiger partial charge in [-0.25, -0.2) is 17.2 Å². The molecule has 2 aliphatic heterocycles. The molecule has 6 nitrogen and oxygen atoms in total. The molecule has 1 amide bonds. The van der Waals surface area contributed by atoms with Gasteiger partial charge < -0.3 is 4.90 Å². The third-order valence-electron chi connectivity index (χ3n) is 7.80. The highest BCUT2D eigenvalue weighted by Crippen LogP contribution is 2.38. The number of nitrogens with zero attached hydrogens (tertiary/aromatic N) is 3. The Morgan fingerprint density at radius 2 is 1.71 bits per heavy atom. The van der Waals surface area contributed by atoms with Gasteiger partial charge in [0.1, 0.15) is 11.6 Å². The van der Waals surface area contributed by atoms with Crippen molar-refractivity contribution in [1.29, 1.82) is 0 Å². The highest BCUT2D eigenvalue weighted by atomic mass is 35.5. The molecule has 38 heavy (non-hydrogen) atoms. The summed E-state index contributed by atoms with van der Waals surface area (Å²) in [6.07, 6.45) is 2.19. The van der Waals surface area contributed by atoms with Gasteiger partial charge in [0, 0.05) is 61.3 Å². The van der Waals surface area contributed by atoms with Gasteiger partial charge in [-0.05, 0) is 62.9 Å². The maximum absolute atomic E-state index is 14.9. The lowest BCUT2D eigenvalue weighted by atomic mass is 9.87. The van der Waals surface area contributed by atoms with E-state index < -0.39 is 33.5 Å². The lowest BCUT2D eigenvalue weighted by Gasteiger charge is -2.32. The van der Waals surface area contributed by atoms with Crippen LogP contribution in [0.3, 0.4) is 0 Å². The molecule has 208 valence electrons. The maximum Gasteiger partial charge on any atom is 0.227 e. The summed E-state index contributed by atoms with van der Waals surface area (Å²) in [7, 11) is -3.51. The van der Waals surface area contributed by atoms with E-state index in [0.717, 1.165) is 11.6 Å². The van der Waals surface area contributed by atoms with Crippen molar-refractivity contribution in [2.24, 2.45) is 5.92 Å². The van der Waals surface area contributed by atoms with Crippen LogP contribution in [-0.4, -0.2) is 79.0 Å². The summed E-state index contributed by atoms with van der Waals surface area (Å²) in [5.74, 6) is -2.37. The molecule has 0 saturated carbocycles. The lowest BCUT2D eigenvalue weighted by molar-refractivity contribution is -0.135. The van der Waals surface area contributed by atoms with Crippen molar-refractivity contribution in [1.82, 2.24) is 14.1 Å². The first-order chi connectivity index (χ1) is 17.7. The molecular formula is C28H36ClF2N3O3S. The van der Waals surface area contributed by atoms with Gasteiger partial charge >= 0.3 is 0 Å². The molecule has 3 atom stereocenters. The minimum atomic E-state index is -3.51. The third kappa shape index (κ3) is 6.55. The number of rotatable bonds is 5. The number of benzene rings is 2. The Morgan fingerprint density at radius 1 is 1.03 bits per heavy atom. The average Bonchev–Trinajstić information content (AvgIpc) is 3.15. The van der Waals surface area contributed by atoms with E-state index in [-0.39, 0.29) is 30.6 Å². The standard InChI is InChI=1S/C28H36ClF2N3O3S/c1-28(2,3)33-17-24(23-10-9-21(30)16-26(23)31)25(18-33)27(35)32-12-11-22(34(14-13-32)38(4,36)37)15-19-5-7-20(29)8-6-19/h5-10,16,22,24-25H,11-15,17-18H2,1-4H3/t22-,24+,25?/m1/s1. The van der Waals surface area contributed by atoms with Gasteiger partial charge in [0.05, 0.1) is 12.2 Å². The average molecular weight is 568 g/mol. The van der Waals surface area contributed by atoms with Crippen LogP contribution in [0.2, 0.25) is 5.02 Å². The first kappa shape index (κ1) is 28.9. The second kappa shape index (κ2) is 11.2. The summed E-state index contributed by atoms with van der Waals surface area (Å²) in [4.78, 5) is 17.9. The van der Waals surface area contributed by atoms with Gasteiger partial charge in [0.25, 0.3) is 0 Å². The first-order valence-corrected chi connectivity index (χ1v) is 15.2. The van der Waals surface area contributed by atoms with Crippen LogP contribution in [-0.2, 0) is 21.2 Å². The van der Waals surface area contributed by atoms with Crippen LogP contribution in [0.15, 0.2) is 42.5 Å². The van der Waals surface area contributed by atoms with Gasteiger partial charge in [-0.1, -0.05) is 29.8 Å². The lowest BCUT2D eigenvalue weighted by Crippen LogP contribution is -2.44. The van der Waals surface area contributed by atoms with Crippen molar-refractivity contribution in [3.63, 3.8) is 0 Å². The molecule has 2 aromatic rings. The molecule has 0 N–H and O–H groups in total. The van der Waals surface area contributed by atoms with Gasteiger partial charge in [0.2, 0.25) is 15.9 Å². The predicted octanol–water partition coefficient (Wildman–Crippen LogP) is 4.54. The highest BCUT2D eigenvalue weighted by Gasteiger charge is 2.45. The third-order valence-corrected chi connectivity index (χ3v) is 9.38. The van der Waals surface area contributed by atoms with E-state index in [1.807, 2.05) is 12.1 Å². The monoisotopic (exact) mass is 567 g/mol. The Hall–Kier alpha value is -2.07. The Morgan fingerprint density at radius 3 is 2.32 bits per heavy atom. The van der Waals surface area contributed by atoms with E-state index in [2.05, 4.69) is 25.7 Å². The normalized spacial score (nSPS) is 24.0. The van der Waals surface area contributed by atoms with Crippen molar-refractivity contribution < 1.29 is 22.0 Å². The van der Waals surface area contributed by atoms with Gasteiger partial charge in [0.15, 0.2) is 0 Å². The summed E-state index contributed by atoms with van der Waals surface area (Å²) in [6, 6.07) is 10.6. The van der Waals surface area contributed by atoms with Crippen molar-refractivity contribution in [3.05, 3.63) is 70.2 Å². The zero-order chi connectivity index (χ0) is 27.8. The Labute approximate surface area is 229 Å². The zero-order valence-electron chi connectivity index (χ0n) is 22.3. The molecule has 0 spiro atoms. The van der Waals surface area contributed by atoms with Crippen molar-refractivity contribution in [2.45, 2.75) is 51.1 Å². The van der Waals surface area contributed by atoms with E-state index in [1.54, 1.807) is 17.0 Å². The number of halogens is 3. The number of carbonyl (C=O) groups is 1. The number of hydrogen-bond acceptors (Lipinski definition) is 4. The fraction of sp³-hybridized carbons (Fsp3) is 0.536. The number of sulfonamides is 1. The smallest absolute Gasteiger partial charge is 0.227 e. The van der Waals surface area contributed by atoms with Crippen molar-refractivity contribution in [2.75, 3.05) is 39.0 Å². The first-order valence-electron chi connectivity index (χ1n) is 12.9. The van der Waals surface area contributed by atoms with E-state index in [0.29, 0.717) is 43.1 Å². The molecule has 0 radical (unpaired) electrons. The van der Waals surface area contributed by atoms with Crippen molar-refractivity contribution in [3.8, 4) is 0 Å². The fourth-order valence-corrected chi connectivity index (χ4v) is 6.93. The number of amides is 1. The molecule has 2 aliphatic rings. The topological polar surface area (TPSA) is 60.9 Å². The van der Waals surface area contributed by atoms with Crippen LogP contribution in [0.4, 0.5) is 8.78 Å². The van der Waals surface area contributed by atoms with Crippen LogP contribution >= 0.6 is 11.6 Å². The molecule has 2 fully saturated rings. The van der Waals surface area contributed by atoms with Gasteiger partial charge in [-0.3, -0.25) is 9.69 Å². The van der Waals surface area contributed by atoms with E-state index in [9.17, 15) is 22.0 Å². The molecule has 0 aromatic heterocycles. The van der Waals surface area contributed by atoms with Crippen LogP contribution in [0, 0.1) is 17.6 Å². The molecule has 4 rings (SSSR count). The molecule has 2 saturated heterocycles. The quantitative estimate of drug-likeness (QED) is 0.532. The number of hydrogen-bond donors (Lipinski definition) is 0. The molecule has 0 aliphatic carbocycles. The Balaban J connectivity index is 1.58. The SMILES string of the molecule is CC(C)(C)N1CC(C(=O)N2CC[C@H](Cc3ccc(Cl)cc3)N(S(C)(=O)=O)CC2)[C@H](c2ccc(F)cc2F)C1. The largest absolute Gasteiger partial charge is 0.341 e. The fourth-order valence-electron chi connectivity index (χ4n) is 5.67. The summed E-state index contributed by atoms with van der Waals surface area (Å²) in [5, 5.41) is 0.611. The molecular weight excluding hydrogens is 532 g/mol. The van der Waals surface area contributed by atoms with Crippen molar-refractivity contribution >= 4 is 27.5 Å². The summed E-state index contributed by atoms with van der Waals surface area (Å²) in [6.45, 7) is 7.92. The van der Waals surface area contributed by atoms with Crippen LogP contribution < -0.4 is 0 Å². The molecule has 10 heteroatoms. The van der Waals surface area contributed by atoms with E-state index in [4.69, 9.17) is 11.6 Å². The second-order valence-corrected chi connectivity index (χ2v) is 13.8. The maximum atomic E-state index is 14.9. The van der Waals surface area contributed by atoms with Crippen LogP contribution in [0.25, 0.3) is 0 Å². The number of likely N-dealkylation sites (tertiary alicyclic amines) is 1. The van der Waals surface area contributed by atoms with E-state index >= 15 is 0 Å². The summed E-state index contributed by atoms with van der Waals surface area (Å²) >= 11 is 6.01. The van der Waals surface area contributed by atoms with Gasteiger partial charge in [-0.15, -0.1) is 0 Å². The number of carbonyl (C=O) groups excluding carboxylic acids is 1. The molecule has 0 bridgehead atoms. The summed E-state index contributed by atoms with van der Waals surface area (Å²) < 4.78 is 55.4. The van der Waals surface area contributed by atoms with Crippen LogP contribution in [0.5, 0.6) is 0 Å². The Bertz CT molecular complexity index is 1270. The van der Waals surface area contributed by atoms with Crippen LogP contribution in [0.1, 0.15) is 44.2 Å². The summed E-state index contributed by atoms with van der Waals surface area (Å²) in [5.41, 5.74) is 1.07. The molecule has 1 unspecified atom stereocenters. The second-order valence-electron chi connectivity index (χ2n) is 11.4.